The van der Waals surface area contributed by atoms with Crippen LogP contribution in [-0.4, -0.2) is 36.5 Å². The van der Waals surface area contributed by atoms with E-state index < -0.39 is 6.04 Å². The predicted molar refractivity (Wildman–Crippen MR) is 65.0 cm³/mol. The molecule has 0 spiro atoms. The smallest absolute Gasteiger partial charge is 0.328 e. The molecule has 0 aliphatic carbocycles. The highest BCUT2D eigenvalue weighted by atomic mass is 32.1. The third-order valence-electron chi connectivity index (χ3n) is 3.01. The summed E-state index contributed by atoms with van der Waals surface area (Å²) in [6, 6.07) is 1.37. The van der Waals surface area contributed by atoms with E-state index in [4.69, 9.17) is 4.74 Å². The molecule has 1 fully saturated rings. The zero-order valence-corrected chi connectivity index (χ0v) is 10.5. The first-order valence-electron chi connectivity index (χ1n) is 5.65. The maximum atomic E-state index is 12.2. The van der Waals surface area contributed by atoms with E-state index in [1.54, 1.807) is 11.0 Å². The summed E-state index contributed by atoms with van der Waals surface area (Å²) in [6.07, 6.45) is 2.61. The zero-order valence-electron chi connectivity index (χ0n) is 9.72. The number of likely N-dealkylation sites (tertiary alicyclic amines) is 1. The summed E-state index contributed by atoms with van der Waals surface area (Å²) in [5.74, 6) is -0.380. The number of esters is 1. The highest BCUT2D eigenvalue weighted by Gasteiger charge is 2.33. The molecule has 0 aromatic carbocycles. The fourth-order valence-electron chi connectivity index (χ4n) is 2.11. The number of hydrogen-bond acceptors (Lipinski definition) is 4. The van der Waals surface area contributed by atoms with E-state index in [1.165, 1.54) is 18.4 Å². The molecule has 1 aliphatic heterocycles. The van der Waals surface area contributed by atoms with Gasteiger partial charge in [-0.25, -0.2) is 4.79 Å². The standard InChI is InChI=1S/C12H15NO3S/c1-16-12(15)10-4-2-3-6-13(10)11(14)9-5-7-17-8-9/h5,7-8,10H,2-4,6H2,1H3. The van der Waals surface area contributed by atoms with Crippen molar-refractivity contribution in [2.75, 3.05) is 13.7 Å². The minimum Gasteiger partial charge on any atom is -0.467 e. The van der Waals surface area contributed by atoms with Gasteiger partial charge in [-0.2, -0.15) is 11.3 Å². The lowest BCUT2D eigenvalue weighted by Gasteiger charge is -2.33. The number of carbonyl (C=O) groups is 2. The van der Waals surface area contributed by atoms with Crippen molar-refractivity contribution in [3.63, 3.8) is 0 Å². The Hall–Kier alpha value is -1.36. The molecule has 1 atom stereocenters. The second kappa shape index (κ2) is 5.31. The Bertz CT molecular complexity index is 402. The summed E-state index contributed by atoms with van der Waals surface area (Å²) in [5.41, 5.74) is 0.658. The number of piperidine rings is 1. The molecule has 0 bridgehead atoms. The van der Waals surface area contributed by atoms with Crippen LogP contribution in [0.4, 0.5) is 0 Å². The molecule has 0 N–H and O–H groups in total. The Kier molecular flexibility index (Phi) is 3.78. The molecule has 0 saturated carbocycles. The van der Waals surface area contributed by atoms with E-state index in [0.717, 1.165) is 12.8 Å². The van der Waals surface area contributed by atoms with Gasteiger partial charge in [0.05, 0.1) is 12.7 Å². The lowest BCUT2D eigenvalue weighted by atomic mass is 10.0. The molecule has 92 valence electrons. The number of hydrogen-bond donors (Lipinski definition) is 0. The fraction of sp³-hybridized carbons (Fsp3) is 0.500. The van der Waals surface area contributed by atoms with Crippen LogP contribution in [0, 0.1) is 0 Å². The predicted octanol–water partition coefficient (Wildman–Crippen LogP) is 1.92. The third kappa shape index (κ3) is 2.49. The van der Waals surface area contributed by atoms with Crippen molar-refractivity contribution in [1.29, 1.82) is 0 Å². The summed E-state index contributed by atoms with van der Waals surface area (Å²) in [6.45, 7) is 0.633. The molecule has 2 heterocycles. The summed E-state index contributed by atoms with van der Waals surface area (Å²) in [7, 11) is 1.37. The quantitative estimate of drug-likeness (QED) is 0.756. The molecule has 1 saturated heterocycles. The normalized spacial score (nSPS) is 20.1. The number of thiophene rings is 1. The van der Waals surface area contributed by atoms with Crippen molar-refractivity contribution in [2.45, 2.75) is 25.3 Å². The SMILES string of the molecule is COC(=O)C1CCCCN1C(=O)c1ccsc1. The first kappa shape index (κ1) is 12.1. The average molecular weight is 253 g/mol. The Morgan fingerprint density at radius 3 is 2.94 bits per heavy atom. The average Bonchev–Trinajstić information content (AvgIpc) is 2.91. The third-order valence-corrected chi connectivity index (χ3v) is 3.69. The van der Waals surface area contributed by atoms with Gasteiger partial charge in [0.25, 0.3) is 5.91 Å². The van der Waals surface area contributed by atoms with E-state index >= 15 is 0 Å². The second-order valence-corrected chi connectivity index (χ2v) is 4.83. The van der Waals surface area contributed by atoms with Crippen molar-refractivity contribution < 1.29 is 14.3 Å². The Balaban J connectivity index is 2.16. The van der Waals surface area contributed by atoms with Crippen LogP contribution in [-0.2, 0) is 9.53 Å². The second-order valence-electron chi connectivity index (χ2n) is 4.05. The highest BCUT2D eigenvalue weighted by Crippen LogP contribution is 2.21. The van der Waals surface area contributed by atoms with Gasteiger partial charge in [0.2, 0.25) is 0 Å². The summed E-state index contributed by atoms with van der Waals surface area (Å²) in [4.78, 5) is 25.5. The van der Waals surface area contributed by atoms with Gasteiger partial charge in [0.1, 0.15) is 6.04 Å². The van der Waals surface area contributed by atoms with Crippen LogP contribution in [0.2, 0.25) is 0 Å². The van der Waals surface area contributed by atoms with Gasteiger partial charge in [0, 0.05) is 11.9 Å². The topological polar surface area (TPSA) is 46.6 Å². The number of amides is 1. The van der Waals surface area contributed by atoms with Crippen molar-refractivity contribution in [2.24, 2.45) is 0 Å². The molecule has 1 aromatic heterocycles. The molecule has 4 nitrogen and oxygen atoms in total. The Morgan fingerprint density at radius 2 is 2.29 bits per heavy atom. The number of methoxy groups -OCH3 is 1. The van der Waals surface area contributed by atoms with E-state index in [9.17, 15) is 9.59 Å². The maximum absolute atomic E-state index is 12.2. The number of nitrogens with zero attached hydrogens (tertiary/aromatic N) is 1. The summed E-state index contributed by atoms with van der Waals surface area (Å²) < 4.78 is 4.76. The molecule has 1 aromatic rings. The van der Waals surface area contributed by atoms with Crippen molar-refractivity contribution >= 4 is 23.2 Å². The molecule has 17 heavy (non-hydrogen) atoms. The molecule has 2 rings (SSSR count). The largest absolute Gasteiger partial charge is 0.467 e. The minimum atomic E-state index is -0.416. The molecular weight excluding hydrogens is 238 g/mol. The van der Waals surface area contributed by atoms with Gasteiger partial charge in [-0.15, -0.1) is 0 Å². The van der Waals surface area contributed by atoms with Crippen LogP contribution in [0.5, 0.6) is 0 Å². The van der Waals surface area contributed by atoms with Gasteiger partial charge < -0.3 is 9.64 Å². The van der Waals surface area contributed by atoms with Crippen LogP contribution in [0.15, 0.2) is 16.8 Å². The summed E-state index contributed by atoms with van der Waals surface area (Å²) in [5, 5.41) is 3.68. The molecule has 0 radical (unpaired) electrons. The van der Waals surface area contributed by atoms with Crippen LogP contribution in [0.1, 0.15) is 29.6 Å². The lowest BCUT2D eigenvalue weighted by Crippen LogP contribution is -2.48. The van der Waals surface area contributed by atoms with Gasteiger partial charge in [-0.1, -0.05) is 0 Å². The van der Waals surface area contributed by atoms with Gasteiger partial charge in [-0.3, -0.25) is 4.79 Å². The van der Waals surface area contributed by atoms with E-state index in [0.29, 0.717) is 18.5 Å². The Morgan fingerprint density at radius 1 is 1.47 bits per heavy atom. The lowest BCUT2D eigenvalue weighted by molar-refractivity contribution is -0.147. The van der Waals surface area contributed by atoms with Gasteiger partial charge in [0.15, 0.2) is 0 Å². The van der Waals surface area contributed by atoms with Crippen LogP contribution in [0.25, 0.3) is 0 Å². The first-order valence-corrected chi connectivity index (χ1v) is 6.59. The van der Waals surface area contributed by atoms with Gasteiger partial charge in [-0.05, 0) is 30.7 Å². The van der Waals surface area contributed by atoms with Crippen LogP contribution >= 0.6 is 11.3 Å². The van der Waals surface area contributed by atoms with Crippen molar-refractivity contribution in [1.82, 2.24) is 4.90 Å². The molecule has 5 heteroatoms. The molecule has 1 unspecified atom stereocenters. The first-order chi connectivity index (χ1) is 8.24. The summed E-state index contributed by atoms with van der Waals surface area (Å²) >= 11 is 1.48. The van der Waals surface area contributed by atoms with Crippen molar-refractivity contribution in [3.05, 3.63) is 22.4 Å². The fourth-order valence-corrected chi connectivity index (χ4v) is 2.74. The molecular formula is C12H15NO3S. The zero-order chi connectivity index (χ0) is 12.3. The van der Waals surface area contributed by atoms with Crippen molar-refractivity contribution in [3.8, 4) is 0 Å². The maximum Gasteiger partial charge on any atom is 0.328 e. The monoisotopic (exact) mass is 253 g/mol. The number of rotatable bonds is 2. The minimum absolute atomic E-state index is 0.0682. The van der Waals surface area contributed by atoms with Crippen LogP contribution in [0.3, 0.4) is 0 Å². The van der Waals surface area contributed by atoms with Gasteiger partial charge >= 0.3 is 5.97 Å². The van der Waals surface area contributed by atoms with E-state index in [2.05, 4.69) is 0 Å². The number of carbonyl (C=O) groups excluding carboxylic acids is 2. The van der Waals surface area contributed by atoms with Crippen LogP contribution < -0.4 is 0 Å². The Labute approximate surface area is 104 Å². The van der Waals surface area contributed by atoms with E-state index in [1.807, 2.05) is 10.8 Å². The van der Waals surface area contributed by atoms with E-state index in [-0.39, 0.29) is 11.9 Å². The number of ether oxygens (including phenoxy) is 1. The molecule has 1 amide bonds. The molecule has 1 aliphatic rings. The highest BCUT2D eigenvalue weighted by molar-refractivity contribution is 7.08.